The lowest BCUT2D eigenvalue weighted by atomic mass is 10.0. The van der Waals surface area contributed by atoms with Crippen molar-refractivity contribution in [3.8, 4) is 28.3 Å². The Morgan fingerprint density at radius 2 is 1.79 bits per heavy atom. The summed E-state index contributed by atoms with van der Waals surface area (Å²) >= 11 is 2.57. The van der Waals surface area contributed by atoms with E-state index in [-0.39, 0.29) is 18.3 Å². The van der Waals surface area contributed by atoms with Crippen molar-refractivity contribution >= 4 is 40.0 Å². The van der Waals surface area contributed by atoms with Crippen LogP contribution in [0, 0.1) is 5.92 Å². The van der Waals surface area contributed by atoms with Crippen molar-refractivity contribution in [2.24, 2.45) is 13.0 Å². The maximum atomic E-state index is 12.9. The predicted molar refractivity (Wildman–Crippen MR) is 152 cm³/mol. The lowest BCUT2D eigenvalue weighted by molar-refractivity contribution is -0.113. The van der Waals surface area contributed by atoms with Gasteiger partial charge in [0.25, 0.3) is 0 Å². The van der Waals surface area contributed by atoms with Crippen LogP contribution in [0.15, 0.2) is 65.1 Å². The summed E-state index contributed by atoms with van der Waals surface area (Å²) in [4.78, 5) is 25.6. The molecule has 0 aliphatic heterocycles. The standard InChI is InChI=1S/C28H30N4O4S2/c1-5-35-27(34)24-22(19-9-7-6-8-10-19)16-37-26(24)29-23(33)17-38-28-31-30-25(32(28)4)20-11-13-21(14-12-20)36-15-18(2)3/h6-14,16,18H,5,15,17H2,1-4H3,(H,29,33). The number of anilines is 1. The highest BCUT2D eigenvalue weighted by Gasteiger charge is 2.23. The first kappa shape index (κ1) is 27.4. The number of aromatic nitrogens is 3. The molecule has 10 heteroatoms. The summed E-state index contributed by atoms with van der Waals surface area (Å²) < 4.78 is 12.9. The van der Waals surface area contributed by atoms with Crippen molar-refractivity contribution in [3.63, 3.8) is 0 Å². The van der Waals surface area contributed by atoms with Crippen LogP contribution in [0.2, 0.25) is 0 Å². The second-order valence-corrected chi connectivity index (χ2v) is 10.7. The van der Waals surface area contributed by atoms with Gasteiger partial charge in [0.1, 0.15) is 16.3 Å². The first-order valence-electron chi connectivity index (χ1n) is 12.3. The molecule has 2 aromatic heterocycles. The molecule has 1 N–H and O–H groups in total. The Labute approximate surface area is 230 Å². The summed E-state index contributed by atoms with van der Waals surface area (Å²) in [6, 6.07) is 17.3. The van der Waals surface area contributed by atoms with Gasteiger partial charge < -0.3 is 19.4 Å². The smallest absolute Gasteiger partial charge is 0.341 e. The summed E-state index contributed by atoms with van der Waals surface area (Å²) in [5, 5.41) is 14.4. The highest BCUT2D eigenvalue weighted by molar-refractivity contribution is 7.99. The molecule has 198 valence electrons. The molecule has 0 aliphatic carbocycles. The predicted octanol–water partition coefficient (Wildman–Crippen LogP) is 6.15. The second kappa shape index (κ2) is 12.7. The van der Waals surface area contributed by atoms with E-state index in [4.69, 9.17) is 9.47 Å². The van der Waals surface area contributed by atoms with Gasteiger partial charge in [-0.1, -0.05) is 55.9 Å². The zero-order chi connectivity index (χ0) is 27.1. The van der Waals surface area contributed by atoms with Gasteiger partial charge in [-0.2, -0.15) is 0 Å². The number of hydrogen-bond acceptors (Lipinski definition) is 8. The Balaban J connectivity index is 1.42. The molecule has 2 aromatic carbocycles. The van der Waals surface area contributed by atoms with E-state index >= 15 is 0 Å². The highest BCUT2D eigenvalue weighted by Crippen LogP contribution is 2.36. The van der Waals surface area contributed by atoms with Crippen LogP contribution in [0.3, 0.4) is 0 Å². The van der Waals surface area contributed by atoms with Gasteiger partial charge in [-0.25, -0.2) is 4.79 Å². The third-order valence-corrected chi connectivity index (χ3v) is 7.39. The van der Waals surface area contributed by atoms with E-state index in [2.05, 4.69) is 29.4 Å². The molecule has 0 atom stereocenters. The Kier molecular flexibility index (Phi) is 9.19. The van der Waals surface area contributed by atoms with Crippen molar-refractivity contribution in [2.75, 3.05) is 24.3 Å². The Bertz CT molecular complexity index is 1380. The summed E-state index contributed by atoms with van der Waals surface area (Å²) in [6.45, 7) is 6.87. The number of rotatable bonds is 11. The number of thiophene rings is 1. The van der Waals surface area contributed by atoms with Crippen LogP contribution in [-0.2, 0) is 16.6 Å². The average Bonchev–Trinajstić information content (AvgIpc) is 3.50. The van der Waals surface area contributed by atoms with Crippen molar-refractivity contribution in [3.05, 3.63) is 65.5 Å². The molecule has 4 aromatic rings. The van der Waals surface area contributed by atoms with Crippen molar-refractivity contribution < 1.29 is 19.1 Å². The van der Waals surface area contributed by atoms with Crippen LogP contribution in [0.1, 0.15) is 31.1 Å². The molecule has 4 rings (SSSR count). The maximum absolute atomic E-state index is 12.9. The molecule has 0 spiro atoms. The van der Waals surface area contributed by atoms with E-state index in [1.54, 1.807) is 6.92 Å². The Morgan fingerprint density at radius 3 is 2.47 bits per heavy atom. The zero-order valence-corrected chi connectivity index (χ0v) is 23.4. The molecular weight excluding hydrogens is 520 g/mol. The van der Waals surface area contributed by atoms with Gasteiger partial charge in [-0.3, -0.25) is 4.79 Å². The fourth-order valence-corrected chi connectivity index (χ4v) is 5.32. The summed E-state index contributed by atoms with van der Waals surface area (Å²) in [5.41, 5.74) is 2.88. The number of thioether (sulfide) groups is 1. The summed E-state index contributed by atoms with van der Waals surface area (Å²) in [7, 11) is 1.86. The number of nitrogens with zero attached hydrogens (tertiary/aromatic N) is 3. The second-order valence-electron chi connectivity index (χ2n) is 8.87. The van der Waals surface area contributed by atoms with Gasteiger partial charge in [0.05, 0.1) is 19.0 Å². The van der Waals surface area contributed by atoms with E-state index in [9.17, 15) is 9.59 Å². The van der Waals surface area contributed by atoms with Gasteiger partial charge in [-0.15, -0.1) is 21.5 Å². The van der Waals surface area contributed by atoms with Crippen LogP contribution in [0.25, 0.3) is 22.5 Å². The number of esters is 1. The molecular formula is C28H30N4O4S2. The van der Waals surface area contributed by atoms with Crippen LogP contribution < -0.4 is 10.1 Å². The number of nitrogens with one attached hydrogen (secondary N) is 1. The number of hydrogen-bond donors (Lipinski definition) is 1. The van der Waals surface area contributed by atoms with Gasteiger partial charge in [0, 0.05) is 23.6 Å². The molecule has 1 amide bonds. The third kappa shape index (κ3) is 6.62. The van der Waals surface area contributed by atoms with Gasteiger partial charge in [-0.05, 0) is 42.7 Å². The maximum Gasteiger partial charge on any atom is 0.341 e. The molecule has 8 nitrogen and oxygen atoms in total. The molecule has 0 saturated heterocycles. The topological polar surface area (TPSA) is 95.3 Å². The summed E-state index contributed by atoms with van der Waals surface area (Å²) in [6.07, 6.45) is 0. The quantitative estimate of drug-likeness (QED) is 0.177. The minimum absolute atomic E-state index is 0.106. The Morgan fingerprint density at radius 1 is 1.05 bits per heavy atom. The number of carbonyl (C=O) groups is 2. The average molecular weight is 551 g/mol. The number of ether oxygens (including phenoxy) is 2. The third-order valence-electron chi connectivity index (χ3n) is 5.47. The van der Waals surface area contributed by atoms with Gasteiger partial charge in [0.2, 0.25) is 5.91 Å². The van der Waals surface area contributed by atoms with Crippen molar-refractivity contribution in [2.45, 2.75) is 25.9 Å². The molecule has 38 heavy (non-hydrogen) atoms. The fraction of sp³-hybridized carbons (Fsp3) is 0.286. The molecule has 0 saturated carbocycles. The van der Waals surface area contributed by atoms with E-state index < -0.39 is 5.97 Å². The van der Waals surface area contributed by atoms with Crippen LogP contribution in [0.5, 0.6) is 5.75 Å². The zero-order valence-electron chi connectivity index (χ0n) is 21.8. The van der Waals surface area contributed by atoms with E-state index in [1.165, 1.54) is 23.1 Å². The monoisotopic (exact) mass is 550 g/mol. The van der Waals surface area contributed by atoms with E-state index in [0.29, 0.717) is 34.1 Å². The lowest BCUT2D eigenvalue weighted by Gasteiger charge is -2.09. The number of benzene rings is 2. The molecule has 0 unspecified atom stereocenters. The normalized spacial score (nSPS) is 11.0. The summed E-state index contributed by atoms with van der Waals surface area (Å²) in [5.74, 6) is 1.34. The molecule has 0 aliphatic rings. The highest BCUT2D eigenvalue weighted by atomic mass is 32.2. The largest absolute Gasteiger partial charge is 0.493 e. The lowest BCUT2D eigenvalue weighted by Crippen LogP contribution is -2.16. The van der Waals surface area contributed by atoms with Gasteiger partial charge >= 0.3 is 5.97 Å². The fourth-order valence-electron chi connectivity index (χ4n) is 3.63. The Hall–Kier alpha value is -3.63. The van der Waals surface area contributed by atoms with Crippen LogP contribution >= 0.6 is 23.1 Å². The minimum Gasteiger partial charge on any atom is -0.493 e. The van der Waals surface area contributed by atoms with E-state index in [0.717, 1.165) is 22.4 Å². The van der Waals surface area contributed by atoms with Crippen molar-refractivity contribution in [1.82, 2.24) is 14.8 Å². The van der Waals surface area contributed by atoms with Crippen molar-refractivity contribution in [1.29, 1.82) is 0 Å². The number of amides is 1. The van der Waals surface area contributed by atoms with E-state index in [1.807, 2.05) is 71.6 Å². The SMILES string of the molecule is CCOC(=O)c1c(-c2ccccc2)csc1NC(=O)CSc1nnc(-c2ccc(OCC(C)C)cc2)n1C. The molecule has 0 bridgehead atoms. The number of carbonyl (C=O) groups excluding carboxylic acids is 2. The van der Waals surface area contributed by atoms with Gasteiger partial charge in [0.15, 0.2) is 11.0 Å². The minimum atomic E-state index is -0.464. The first-order chi connectivity index (χ1) is 18.4. The first-order valence-corrected chi connectivity index (χ1v) is 14.1. The molecule has 0 fully saturated rings. The molecule has 0 radical (unpaired) electrons. The van der Waals surface area contributed by atoms with Crippen LogP contribution in [0.4, 0.5) is 5.00 Å². The molecule has 2 heterocycles. The van der Waals surface area contributed by atoms with Crippen LogP contribution in [-0.4, -0.2) is 45.6 Å².